The number of benzene rings is 2. The highest BCUT2D eigenvalue weighted by molar-refractivity contribution is 5.99. The zero-order valence-electron chi connectivity index (χ0n) is 17.3. The van der Waals surface area contributed by atoms with Crippen LogP contribution in [-0.2, 0) is 6.54 Å². The Balaban J connectivity index is 1.50. The molecular weight excluding hydrogens is 433 g/mol. The van der Waals surface area contributed by atoms with Crippen LogP contribution >= 0.6 is 0 Å². The molecule has 2 heterocycles. The zero-order valence-corrected chi connectivity index (χ0v) is 17.3. The van der Waals surface area contributed by atoms with Gasteiger partial charge in [-0.25, -0.2) is 4.68 Å². The van der Waals surface area contributed by atoms with Gasteiger partial charge in [0.1, 0.15) is 11.4 Å². The highest BCUT2D eigenvalue weighted by Gasteiger charge is 2.28. The van der Waals surface area contributed by atoms with Crippen LogP contribution in [0.4, 0.5) is 13.2 Å². The van der Waals surface area contributed by atoms with Crippen molar-refractivity contribution in [2.75, 3.05) is 6.61 Å². The fraction of sp³-hybridized carbons (Fsp3) is 0.125. The molecule has 0 saturated heterocycles. The van der Waals surface area contributed by atoms with Crippen LogP contribution in [0.2, 0.25) is 0 Å². The molecule has 2 aromatic heterocycles. The Labute approximate surface area is 187 Å². The molecule has 4 rings (SSSR count). The number of amides is 1. The van der Waals surface area contributed by atoms with Crippen molar-refractivity contribution in [2.24, 2.45) is 0 Å². The number of pyridine rings is 1. The van der Waals surface area contributed by atoms with Crippen LogP contribution in [0.15, 0.2) is 85.3 Å². The number of carbonyl (C=O) groups is 1. The third-order valence-corrected chi connectivity index (χ3v) is 4.69. The van der Waals surface area contributed by atoms with E-state index in [0.29, 0.717) is 22.4 Å². The highest BCUT2D eigenvalue weighted by Crippen LogP contribution is 2.23. The molecule has 0 aliphatic rings. The van der Waals surface area contributed by atoms with Gasteiger partial charge in [0.05, 0.1) is 11.3 Å². The molecule has 0 atom stereocenters. The van der Waals surface area contributed by atoms with Crippen LogP contribution < -0.4 is 10.1 Å². The first-order chi connectivity index (χ1) is 15.9. The van der Waals surface area contributed by atoms with Gasteiger partial charge in [-0.05, 0) is 42.0 Å². The van der Waals surface area contributed by atoms with E-state index in [2.05, 4.69) is 15.4 Å². The second-order valence-corrected chi connectivity index (χ2v) is 7.14. The number of ether oxygens (including phenoxy) is 1. The molecule has 4 aromatic rings. The van der Waals surface area contributed by atoms with E-state index in [1.165, 1.54) is 12.1 Å². The summed E-state index contributed by atoms with van der Waals surface area (Å²) < 4.78 is 43.2. The predicted molar refractivity (Wildman–Crippen MR) is 116 cm³/mol. The molecule has 6 nitrogen and oxygen atoms in total. The van der Waals surface area contributed by atoms with Crippen molar-refractivity contribution in [3.63, 3.8) is 0 Å². The van der Waals surface area contributed by atoms with E-state index < -0.39 is 12.8 Å². The first-order valence-corrected chi connectivity index (χ1v) is 10.0. The van der Waals surface area contributed by atoms with Gasteiger partial charge in [0, 0.05) is 30.7 Å². The molecular formula is C24H19F3N4O2. The van der Waals surface area contributed by atoms with Gasteiger partial charge in [-0.15, -0.1) is 0 Å². The number of para-hydroxylation sites is 1. The van der Waals surface area contributed by atoms with Crippen molar-refractivity contribution in [3.8, 4) is 22.7 Å². The van der Waals surface area contributed by atoms with E-state index in [1.807, 2.05) is 36.4 Å². The third-order valence-electron chi connectivity index (χ3n) is 4.69. The van der Waals surface area contributed by atoms with Gasteiger partial charge >= 0.3 is 6.18 Å². The van der Waals surface area contributed by atoms with Gasteiger partial charge in [0.15, 0.2) is 6.61 Å². The Kier molecular flexibility index (Phi) is 6.39. The summed E-state index contributed by atoms with van der Waals surface area (Å²) in [5.74, 6) is -0.237. The maximum Gasteiger partial charge on any atom is 0.422 e. The maximum atomic E-state index is 13.0. The summed E-state index contributed by atoms with van der Waals surface area (Å²) >= 11 is 0. The lowest BCUT2D eigenvalue weighted by molar-refractivity contribution is -0.153. The van der Waals surface area contributed by atoms with Crippen molar-refractivity contribution in [1.29, 1.82) is 0 Å². The number of hydrogen-bond donors (Lipinski definition) is 1. The van der Waals surface area contributed by atoms with Crippen LogP contribution in [0.3, 0.4) is 0 Å². The van der Waals surface area contributed by atoms with E-state index in [1.54, 1.807) is 41.5 Å². The average molecular weight is 452 g/mol. The Bertz CT molecular complexity index is 1210. The normalized spacial score (nSPS) is 11.2. The van der Waals surface area contributed by atoms with Crippen molar-refractivity contribution in [2.45, 2.75) is 12.7 Å². The third kappa shape index (κ3) is 5.76. The summed E-state index contributed by atoms with van der Waals surface area (Å²) in [6.07, 6.45) is 0.525. The van der Waals surface area contributed by atoms with Crippen LogP contribution in [0, 0.1) is 0 Å². The molecule has 0 unspecified atom stereocenters. The van der Waals surface area contributed by atoms with E-state index in [4.69, 9.17) is 4.74 Å². The Morgan fingerprint density at radius 3 is 2.42 bits per heavy atom. The fourth-order valence-electron chi connectivity index (χ4n) is 3.12. The number of nitrogens with one attached hydrogen (secondary N) is 1. The number of hydrogen-bond acceptors (Lipinski definition) is 4. The first kappa shape index (κ1) is 22.1. The average Bonchev–Trinajstić information content (AvgIpc) is 3.28. The molecule has 1 amide bonds. The first-order valence-electron chi connectivity index (χ1n) is 10.0. The van der Waals surface area contributed by atoms with Gasteiger partial charge in [-0.3, -0.25) is 9.78 Å². The van der Waals surface area contributed by atoms with Crippen molar-refractivity contribution in [1.82, 2.24) is 20.1 Å². The highest BCUT2D eigenvalue weighted by atomic mass is 19.4. The molecule has 0 fully saturated rings. The lowest BCUT2D eigenvalue weighted by Crippen LogP contribution is -2.23. The quantitative estimate of drug-likeness (QED) is 0.437. The van der Waals surface area contributed by atoms with Crippen LogP contribution in [0.1, 0.15) is 15.9 Å². The maximum absolute atomic E-state index is 13.0. The Morgan fingerprint density at radius 2 is 1.76 bits per heavy atom. The smallest absolute Gasteiger partial charge is 0.422 e. The Morgan fingerprint density at radius 1 is 1.00 bits per heavy atom. The molecule has 0 saturated carbocycles. The van der Waals surface area contributed by atoms with Crippen LogP contribution in [-0.4, -0.2) is 33.5 Å². The summed E-state index contributed by atoms with van der Waals surface area (Å²) in [7, 11) is 0. The number of rotatable bonds is 7. The number of halogens is 3. The van der Waals surface area contributed by atoms with Gasteiger partial charge < -0.3 is 10.1 Å². The van der Waals surface area contributed by atoms with Crippen molar-refractivity contribution < 1.29 is 22.7 Å². The summed E-state index contributed by atoms with van der Waals surface area (Å²) in [5.41, 5.74) is 3.07. The summed E-state index contributed by atoms with van der Waals surface area (Å²) in [4.78, 5) is 17.1. The lowest BCUT2D eigenvalue weighted by atomic mass is 10.1. The summed E-state index contributed by atoms with van der Waals surface area (Å²) in [6.45, 7) is -1.17. The van der Waals surface area contributed by atoms with Gasteiger partial charge in [0.2, 0.25) is 0 Å². The summed E-state index contributed by atoms with van der Waals surface area (Å²) in [6, 6.07) is 19.1. The number of carbonyl (C=O) groups excluding carboxylic acids is 1. The molecule has 0 aliphatic carbocycles. The molecule has 0 aliphatic heterocycles. The van der Waals surface area contributed by atoms with Crippen molar-refractivity contribution >= 4 is 5.91 Å². The standard InChI is InChI=1S/C24H19F3N4O2/c25-24(26,27)16-33-20-10-8-17(9-11-20)13-29-23(32)21-15-31(19-6-2-1-3-7-19)30-22(21)18-5-4-12-28-14-18/h1-12,14-15H,13,16H2,(H,29,32). The number of aromatic nitrogens is 3. The van der Waals surface area contributed by atoms with E-state index in [0.717, 1.165) is 5.69 Å². The molecule has 33 heavy (non-hydrogen) atoms. The van der Waals surface area contributed by atoms with E-state index >= 15 is 0 Å². The van der Waals surface area contributed by atoms with Crippen LogP contribution in [0.25, 0.3) is 16.9 Å². The van der Waals surface area contributed by atoms with E-state index in [9.17, 15) is 18.0 Å². The van der Waals surface area contributed by atoms with Crippen molar-refractivity contribution in [3.05, 3.63) is 96.4 Å². The lowest BCUT2D eigenvalue weighted by Gasteiger charge is -2.10. The minimum Gasteiger partial charge on any atom is -0.484 e. The topological polar surface area (TPSA) is 69.0 Å². The zero-order chi connectivity index (χ0) is 23.3. The number of nitrogens with zero attached hydrogens (tertiary/aromatic N) is 3. The predicted octanol–water partition coefficient (Wildman–Crippen LogP) is 4.81. The molecule has 2 aromatic carbocycles. The van der Waals surface area contributed by atoms with Crippen LogP contribution in [0.5, 0.6) is 5.75 Å². The monoisotopic (exact) mass is 452 g/mol. The van der Waals surface area contributed by atoms with Gasteiger partial charge in [-0.2, -0.15) is 18.3 Å². The minimum atomic E-state index is -4.40. The van der Waals surface area contributed by atoms with Gasteiger partial charge in [0.25, 0.3) is 5.91 Å². The largest absolute Gasteiger partial charge is 0.484 e. The SMILES string of the molecule is O=C(NCc1ccc(OCC(F)(F)F)cc1)c1cn(-c2ccccc2)nc1-c1cccnc1. The number of alkyl halides is 3. The molecule has 0 radical (unpaired) electrons. The minimum absolute atomic E-state index is 0.102. The summed E-state index contributed by atoms with van der Waals surface area (Å²) in [5, 5.41) is 7.42. The second-order valence-electron chi connectivity index (χ2n) is 7.14. The fourth-order valence-corrected chi connectivity index (χ4v) is 3.12. The van der Waals surface area contributed by atoms with Gasteiger partial charge in [-0.1, -0.05) is 30.3 Å². The molecule has 1 N–H and O–H groups in total. The molecule has 0 bridgehead atoms. The second kappa shape index (κ2) is 9.56. The Hall–Kier alpha value is -4.14. The molecule has 168 valence electrons. The molecule has 0 spiro atoms. The molecule has 9 heteroatoms. The van der Waals surface area contributed by atoms with E-state index in [-0.39, 0.29) is 18.2 Å².